The van der Waals surface area contributed by atoms with Crippen LogP contribution in [-0.2, 0) is 9.53 Å². The van der Waals surface area contributed by atoms with Gasteiger partial charge in [0, 0.05) is 0 Å². The molecule has 80 valence electrons. The number of aliphatic hydroxyl groups is 2. The molecule has 0 aromatic heterocycles. The molecule has 1 aliphatic carbocycles. The third-order valence-corrected chi connectivity index (χ3v) is 2.05. The number of aliphatic carboxylic acids is 1. The zero-order valence-corrected chi connectivity index (χ0v) is 7.77. The van der Waals surface area contributed by atoms with Gasteiger partial charge in [-0.2, -0.15) is 0 Å². The fraction of sp³-hybridized carbons (Fsp3) is 0.667. The van der Waals surface area contributed by atoms with Gasteiger partial charge in [-0.3, -0.25) is 0 Å². The lowest BCUT2D eigenvalue weighted by Gasteiger charge is -2.01. The molecule has 0 radical (unpaired) electrons. The molecule has 2 rings (SSSR count). The van der Waals surface area contributed by atoms with Gasteiger partial charge in [0.05, 0.1) is 18.8 Å². The van der Waals surface area contributed by atoms with Gasteiger partial charge < -0.3 is 20.1 Å². The number of aliphatic hydroxyl groups excluding tert-OH is 2. The van der Waals surface area contributed by atoms with Gasteiger partial charge in [-0.05, 0) is 19.3 Å². The predicted octanol–water partition coefficient (Wildman–Crippen LogP) is -0.121. The molecule has 0 amide bonds. The van der Waals surface area contributed by atoms with Crippen molar-refractivity contribution in [3.63, 3.8) is 0 Å². The first-order valence-electron chi connectivity index (χ1n) is 4.55. The maximum Gasteiger partial charge on any atom is 0.335 e. The predicted molar refractivity (Wildman–Crippen MR) is 47.6 cm³/mol. The smallest absolute Gasteiger partial charge is 0.335 e. The fourth-order valence-electron chi connectivity index (χ4n) is 1.37. The molecule has 2 aliphatic rings. The Bertz CT molecular complexity index is 244. The highest BCUT2D eigenvalue weighted by molar-refractivity contribution is 5.88. The average Bonchev–Trinajstić information content (AvgIpc) is 2.96. The van der Waals surface area contributed by atoms with E-state index in [0.29, 0.717) is 12.0 Å². The van der Waals surface area contributed by atoms with Gasteiger partial charge in [-0.25, -0.2) is 4.79 Å². The first-order valence-corrected chi connectivity index (χ1v) is 4.55. The SMILES string of the molecule is O=C(O)C1=C2OC2CCC1.OCCO. The molecule has 0 spiro atoms. The van der Waals surface area contributed by atoms with Crippen LogP contribution >= 0.6 is 0 Å². The van der Waals surface area contributed by atoms with Gasteiger partial charge in [0.1, 0.15) is 5.76 Å². The van der Waals surface area contributed by atoms with Crippen LogP contribution in [0.4, 0.5) is 0 Å². The van der Waals surface area contributed by atoms with Crippen LogP contribution < -0.4 is 0 Å². The second kappa shape index (κ2) is 4.97. The Balaban J connectivity index is 0.000000213. The Morgan fingerprint density at radius 1 is 1.43 bits per heavy atom. The Morgan fingerprint density at radius 2 is 2.07 bits per heavy atom. The monoisotopic (exact) mass is 202 g/mol. The Labute approximate surface area is 81.6 Å². The van der Waals surface area contributed by atoms with E-state index < -0.39 is 5.97 Å². The van der Waals surface area contributed by atoms with Crippen LogP contribution in [0.5, 0.6) is 0 Å². The molecule has 1 atom stereocenters. The van der Waals surface area contributed by atoms with Gasteiger partial charge in [0.25, 0.3) is 0 Å². The summed E-state index contributed by atoms with van der Waals surface area (Å²) >= 11 is 0. The maximum atomic E-state index is 10.5. The standard InChI is InChI=1S/C7H8O3.C2H6O2/c8-7(9)4-2-1-3-5-6(4)10-5;3-1-2-4/h5H,1-3H2,(H,8,9);3-4H,1-2H2. The van der Waals surface area contributed by atoms with Crippen molar-refractivity contribution < 1.29 is 24.9 Å². The number of carbonyl (C=O) groups is 1. The van der Waals surface area contributed by atoms with E-state index in [1.807, 2.05) is 0 Å². The summed E-state index contributed by atoms with van der Waals surface area (Å²) in [4.78, 5) is 10.5. The number of ether oxygens (including phenoxy) is 1. The van der Waals surface area contributed by atoms with Crippen LogP contribution in [0.3, 0.4) is 0 Å². The minimum absolute atomic E-state index is 0.125. The molecule has 5 heteroatoms. The molecule has 5 nitrogen and oxygen atoms in total. The summed E-state index contributed by atoms with van der Waals surface area (Å²) in [6, 6.07) is 0. The first-order chi connectivity index (χ1) is 6.70. The van der Waals surface area contributed by atoms with E-state index in [2.05, 4.69) is 0 Å². The van der Waals surface area contributed by atoms with E-state index in [9.17, 15) is 4.79 Å². The molecule has 1 saturated heterocycles. The molecule has 0 aromatic rings. The number of carboxylic acid groups (broad SMARTS) is 1. The topological polar surface area (TPSA) is 90.3 Å². The van der Waals surface area contributed by atoms with Gasteiger partial charge in [0.15, 0.2) is 6.10 Å². The van der Waals surface area contributed by atoms with Crippen molar-refractivity contribution in [1.29, 1.82) is 0 Å². The van der Waals surface area contributed by atoms with Gasteiger partial charge in [0.2, 0.25) is 0 Å². The van der Waals surface area contributed by atoms with E-state index in [4.69, 9.17) is 20.1 Å². The van der Waals surface area contributed by atoms with Crippen molar-refractivity contribution in [2.45, 2.75) is 25.4 Å². The molecular weight excluding hydrogens is 188 g/mol. The van der Waals surface area contributed by atoms with Crippen molar-refractivity contribution in [2.75, 3.05) is 13.2 Å². The number of hydrogen-bond acceptors (Lipinski definition) is 4. The van der Waals surface area contributed by atoms with E-state index in [-0.39, 0.29) is 19.3 Å². The highest BCUT2D eigenvalue weighted by Gasteiger charge is 2.40. The highest BCUT2D eigenvalue weighted by Crippen LogP contribution is 2.40. The summed E-state index contributed by atoms with van der Waals surface area (Å²) in [5.74, 6) is -0.0732. The van der Waals surface area contributed by atoms with Crippen molar-refractivity contribution in [2.24, 2.45) is 0 Å². The van der Waals surface area contributed by atoms with Gasteiger partial charge in [-0.1, -0.05) is 0 Å². The summed E-state index contributed by atoms with van der Waals surface area (Å²) in [5, 5.41) is 23.8. The van der Waals surface area contributed by atoms with Crippen LogP contribution in [0, 0.1) is 0 Å². The van der Waals surface area contributed by atoms with Crippen molar-refractivity contribution in [1.82, 2.24) is 0 Å². The summed E-state index contributed by atoms with van der Waals surface area (Å²) < 4.78 is 5.05. The Hall–Kier alpha value is -1.07. The number of hydrogen-bond donors (Lipinski definition) is 3. The fourth-order valence-corrected chi connectivity index (χ4v) is 1.37. The normalized spacial score (nSPS) is 22.9. The first kappa shape index (κ1) is 11.0. The summed E-state index contributed by atoms with van der Waals surface area (Å²) in [6.07, 6.45) is 2.81. The minimum atomic E-state index is -0.808. The van der Waals surface area contributed by atoms with Crippen molar-refractivity contribution in [3.8, 4) is 0 Å². The molecule has 1 unspecified atom stereocenters. The number of rotatable bonds is 2. The number of fused-ring (bicyclic) bond motifs is 1. The van der Waals surface area contributed by atoms with E-state index in [0.717, 1.165) is 18.6 Å². The highest BCUT2D eigenvalue weighted by atomic mass is 16.6. The minimum Gasteiger partial charge on any atom is -0.482 e. The summed E-state index contributed by atoms with van der Waals surface area (Å²) in [5.41, 5.74) is 0.497. The van der Waals surface area contributed by atoms with E-state index >= 15 is 0 Å². The molecule has 1 heterocycles. The lowest BCUT2D eigenvalue weighted by atomic mass is 10.0. The molecular formula is C9H14O5. The molecule has 1 aliphatic heterocycles. The number of epoxide rings is 1. The van der Waals surface area contributed by atoms with Crippen LogP contribution in [0.25, 0.3) is 0 Å². The summed E-state index contributed by atoms with van der Waals surface area (Å²) in [7, 11) is 0. The molecule has 0 saturated carbocycles. The van der Waals surface area contributed by atoms with Gasteiger partial charge in [-0.15, -0.1) is 0 Å². The molecule has 14 heavy (non-hydrogen) atoms. The lowest BCUT2D eigenvalue weighted by molar-refractivity contribution is -0.132. The largest absolute Gasteiger partial charge is 0.482 e. The molecule has 0 bridgehead atoms. The summed E-state index contributed by atoms with van der Waals surface area (Å²) in [6.45, 7) is -0.250. The zero-order chi connectivity index (χ0) is 10.6. The molecule has 0 aromatic carbocycles. The van der Waals surface area contributed by atoms with Crippen LogP contribution in [-0.4, -0.2) is 40.6 Å². The quantitative estimate of drug-likeness (QED) is 0.543. The Kier molecular flexibility index (Phi) is 3.91. The van der Waals surface area contributed by atoms with Crippen molar-refractivity contribution >= 4 is 5.97 Å². The average molecular weight is 202 g/mol. The maximum absolute atomic E-state index is 10.5. The second-order valence-electron chi connectivity index (χ2n) is 3.09. The van der Waals surface area contributed by atoms with Gasteiger partial charge >= 0.3 is 5.97 Å². The van der Waals surface area contributed by atoms with Crippen LogP contribution in [0.15, 0.2) is 11.3 Å². The molecule has 1 fully saturated rings. The Morgan fingerprint density at radius 3 is 2.50 bits per heavy atom. The van der Waals surface area contributed by atoms with Crippen LogP contribution in [0.1, 0.15) is 19.3 Å². The van der Waals surface area contributed by atoms with Crippen LogP contribution in [0.2, 0.25) is 0 Å². The van der Waals surface area contributed by atoms with E-state index in [1.54, 1.807) is 0 Å². The van der Waals surface area contributed by atoms with E-state index in [1.165, 1.54) is 0 Å². The number of carboxylic acids is 1. The third kappa shape index (κ3) is 2.71. The third-order valence-electron chi connectivity index (χ3n) is 2.05. The second-order valence-corrected chi connectivity index (χ2v) is 3.09. The lowest BCUT2D eigenvalue weighted by Crippen LogP contribution is -2.05. The zero-order valence-electron chi connectivity index (χ0n) is 7.77. The molecule has 3 N–H and O–H groups in total. The van der Waals surface area contributed by atoms with Crippen molar-refractivity contribution in [3.05, 3.63) is 11.3 Å².